The number of carbonyl (C=O) groups excluding carboxylic acids is 1. The standard InChI is InChI=1S/C12H15BrFNO2/c1-8(5-6-16)7-15-12(17)9-3-2-4-10(14)11(9)13/h2-4,8,16H,5-7H2,1H3,(H,15,17). The van der Waals surface area contributed by atoms with Gasteiger partial charge >= 0.3 is 0 Å². The number of carbonyl (C=O) groups is 1. The van der Waals surface area contributed by atoms with Crippen LogP contribution in [-0.2, 0) is 0 Å². The van der Waals surface area contributed by atoms with Gasteiger partial charge in [0, 0.05) is 13.2 Å². The molecule has 5 heteroatoms. The molecule has 0 saturated carbocycles. The van der Waals surface area contributed by atoms with Crippen LogP contribution in [-0.4, -0.2) is 24.2 Å². The Morgan fingerprint density at radius 3 is 2.94 bits per heavy atom. The van der Waals surface area contributed by atoms with Crippen molar-refractivity contribution in [1.82, 2.24) is 5.32 Å². The number of aliphatic hydroxyl groups is 1. The first-order chi connectivity index (χ1) is 8.06. The number of hydrogen-bond donors (Lipinski definition) is 2. The average Bonchev–Trinajstić information content (AvgIpc) is 2.30. The molecule has 0 aromatic heterocycles. The van der Waals surface area contributed by atoms with Crippen molar-refractivity contribution in [3.63, 3.8) is 0 Å². The molecule has 0 aliphatic carbocycles. The van der Waals surface area contributed by atoms with E-state index in [1.165, 1.54) is 12.1 Å². The molecule has 1 atom stereocenters. The van der Waals surface area contributed by atoms with Crippen LogP contribution in [0.5, 0.6) is 0 Å². The molecule has 1 aromatic carbocycles. The van der Waals surface area contributed by atoms with Crippen molar-refractivity contribution in [3.05, 3.63) is 34.1 Å². The molecule has 0 saturated heterocycles. The van der Waals surface area contributed by atoms with Crippen LogP contribution >= 0.6 is 15.9 Å². The van der Waals surface area contributed by atoms with Crippen LogP contribution in [0.1, 0.15) is 23.7 Å². The van der Waals surface area contributed by atoms with E-state index >= 15 is 0 Å². The second-order valence-electron chi connectivity index (χ2n) is 3.93. The van der Waals surface area contributed by atoms with Gasteiger partial charge in [-0.1, -0.05) is 13.0 Å². The predicted molar refractivity (Wildman–Crippen MR) is 67.3 cm³/mol. The maximum Gasteiger partial charge on any atom is 0.252 e. The van der Waals surface area contributed by atoms with Crippen molar-refractivity contribution in [3.8, 4) is 0 Å². The van der Waals surface area contributed by atoms with Crippen LogP contribution in [0, 0.1) is 11.7 Å². The van der Waals surface area contributed by atoms with E-state index in [4.69, 9.17) is 5.11 Å². The molecule has 1 unspecified atom stereocenters. The number of nitrogens with one attached hydrogen (secondary N) is 1. The molecule has 0 aliphatic rings. The van der Waals surface area contributed by atoms with Crippen molar-refractivity contribution in [2.75, 3.05) is 13.2 Å². The zero-order chi connectivity index (χ0) is 12.8. The summed E-state index contributed by atoms with van der Waals surface area (Å²) in [4.78, 5) is 11.8. The fraction of sp³-hybridized carbons (Fsp3) is 0.417. The maximum absolute atomic E-state index is 13.2. The Labute approximate surface area is 108 Å². The third-order valence-corrected chi connectivity index (χ3v) is 3.24. The van der Waals surface area contributed by atoms with Gasteiger partial charge in [0.1, 0.15) is 5.82 Å². The summed E-state index contributed by atoms with van der Waals surface area (Å²) in [6.07, 6.45) is 0.630. The smallest absolute Gasteiger partial charge is 0.252 e. The fourth-order valence-electron chi connectivity index (χ4n) is 1.36. The SMILES string of the molecule is CC(CCO)CNC(=O)c1cccc(F)c1Br. The van der Waals surface area contributed by atoms with E-state index < -0.39 is 5.82 Å². The van der Waals surface area contributed by atoms with Gasteiger partial charge in [0.25, 0.3) is 5.91 Å². The van der Waals surface area contributed by atoms with Gasteiger partial charge in [-0.2, -0.15) is 0 Å². The predicted octanol–water partition coefficient (Wildman–Crippen LogP) is 2.34. The molecule has 0 heterocycles. The summed E-state index contributed by atoms with van der Waals surface area (Å²) >= 11 is 3.04. The van der Waals surface area contributed by atoms with Crippen molar-refractivity contribution < 1.29 is 14.3 Å². The van der Waals surface area contributed by atoms with Gasteiger partial charge in [-0.3, -0.25) is 4.79 Å². The molecule has 2 N–H and O–H groups in total. The molecule has 0 fully saturated rings. The summed E-state index contributed by atoms with van der Waals surface area (Å²) in [6.45, 7) is 2.49. The quantitative estimate of drug-likeness (QED) is 0.877. The van der Waals surface area contributed by atoms with Gasteiger partial charge in [-0.25, -0.2) is 4.39 Å². The summed E-state index contributed by atoms with van der Waals surface area (Å²) in [5.41, 5.74) is 0.279. The summed E-state index contributed by atoms with van der Waals surface area (Å²) in [5.74, 6) is -0.585. The van der Waals surface area contributed by atoms with Crippen molar-refractivity contribution in [1.29, 1.82) is 0 Å². The van der Waals surface area contributed by atoms with Crippen LogP contribution < -0.4 is 5.32 Å². The second kappa shape index (κ2) is 6.71. The van der Waals surface area contributed by atoms with Gasteiger partial charge in [-0.15, -0.1) is 0 Å². The van der Waals surface area contributed by atoms with E-state index in [1.54, 1.807) is 6.07 Å². The first kappa shape index (κ1) is 14.1. The normalized spacial score (nSPS) is 12.2. The van der Waals surface area contributed by atoms with Gasteiger partial charge < -0.3 is 10.4 Å². The molecule has 17 heavy (non-hydrogen) atoms. The molecule has 0 radical (unpaired) electrons. The highest BCUT2D eigenvalue weighted by molar-refractivity contribution is 9.10. The first-order valence-corrected chi connectivity index (χ1v) is 6.18. The van der Waals surface area contributed by atoms with Crippen LogP contribution in [0.3, 0.4) is 0 Å². The van der Waals surface area contributed by atoms with E-state index in [2.05, 4.69) is 21.2 Å². The molecule has 0 bridgehead atoms. The molecular weight excluding hydrogens is 289 g/mol. The molecule has 0 aliphatic heterocycles. The van der Waals surface area contributed by atoms with E-state index in [9.17, 15) is 9.18 Å². The third kappa shape index (κ3) is 4.09. The molecule has 3 nitrogen and oxygen atoms in total. The van der Waals surface area contributed by atoms with E-state index in [0.717, 1.165) is 0 Å². The molecule has 1 rings (SSSR count). The zero-order valence-corrected chi connectivity index (χ0v) is 11.1. The number of aliphatic hydroxyl groups excluding tert-OH is 1. The number of hydrogen-bond acceptors (Lipinski definition) is 2. The molecular formula is C12H15BrFNO2. The molecule has 1 amide bonds. The highest BCUT2D eigenvalue weighted by atomic mass is 79.9. The highest BCUT2D eigenvalue weighted by Crippen LogP contribution is 2.20. The summed E-state index contributed by atoms with van der Waals surface area (Å²) in [6, 6.07) is 4.33. The highest BCUT2D eigenvalue weighted by Gasteiger charge is 2.13. The van der Waals surface area contributed by atoms with Crippen LogP contribution in [0.2, 0.25) is 0 Å². The second-order valence-corrected chi connectivity index (χ2v) is 4.72. The number of halogens is 2. The van der Waals surface area contributed by atoms with E-state index in [1.807, 2.05) is 6.92 Å². The lowest BCUT2D eigenvalue weighted by molar-refractivity contribution is 0.0944. The van der Waals surface area contributed by atoms with Crippen molar-refractivity contribution in [2.24, 2.45) is 5.92 Å². The monoisotopic (exact) mass is 303 g/mol. The zero-order valence-electron chi connectivity index (χ0n) is 9.54. The number of benzene rings is 1. The third-order valence-electron chi connectivity index (χ3n) is 2.43. The van der Waals surface area contributed by atoms with Crippen molar-refractivity contribution in [2.45, 2.75) is 13.3 Å². The molecule has 94 valence electrons. The summed E-state index contributed by atoms with van der Waals surface area (Å²) < 4.78 is 13.4. The topological polar surface area (TPSA) is 49.3 Å². The van der Waals surface area contributed by atoms with Gasteiger partial charge in [0.2, 0.25) is 0 Å². The lowest BCUT2D eigenvalue weighted by Gasteiger charge is -2.12. The lowest BCUT2D eigenvalue weighted by Crippen LogP contribution is -2.29. The maximum atomic E-state index is 13.2. The number of amides is 1. The van der Waals surface area contributed by atoms with Gasteiger partial charge in [0.15, 0.2) is 0 Å². The minimum atomic E-state index is -0.457. The Kier molecular flexibility index (Phi) is 5.58. The van der Waals surface area contributed by atoms with Gasteiger partial charge in [-0.05, 0) is 40.4 Å². The summed E-state index contributed by atoms with van der Waals surface area (Å²) in [5, 5.41) is 11.4. The Morgan fingerprint density at radius 2 is 2.29 bits per heavy atom. The van der Waals surface area contributed by atoms with Crippen LogP contribution in [0.15, 0.2) is 22.7 Å². The van der Waals surface area contributed by atoms with E-state index in [-0.39, 0.29) is 28.5 Å². The molecule has 1 aromatic rings. The summed E-state index contributed by atoms with van der Waals surface area (Å²) in [7, 11) is 0. The van der Waals surface area contributed by atoms with E-state index in [0.29, 0.717) is 13.0 Å². The van der Waals surface area contributed by atoms with Crippen LogP contribution in [0.25, 0.3) is 0 Å². The Morgan fingerprint density at radius 1 is 1.59 bits per heavy atom. The Hall–Kier alpha value is -0.940. The minimum Gasteiger partial charge on any atom is -0.396 e. The molecule has 0 spiro atoms. The average molecular weight is 304 g/mol. The van der Waals surface area contributed by atoms with Crippen molar-refractivity contribution >= 4 is 21.8 Å². The first-order valence-electron chi connectivity index (χ1n) is 5.39. The lowest BCUT2D eigenvalue weighted by atomic mass is 10.1. The largest absolute Gasteiger partial charge is 0.396 e. The van der Waals surface area contributed by atoms with Gasteiger partial charge in [0.05, 0.1) is 10.0 Å². The van der Waals surface area contributed by atoms with Crippen LogP contribution in [0.4, 0.5) is 4.39 Å². The Bertz CT molecular complexity index is 398. The number of rotatable bonds is 5. The Balaban J connectivity index is 2.61. The fourth-order valence-corrected chi connectivity index (χ4v) is 1.81. The minimum absolute atomic E-state index is 0.0979.